The summed E-state index contributed by atoms with van der Waals surface area (Å²) in [6.45, 7) is 5.50. The van der Waals surface area contributed by atoms with E-state index in [1.807, 2.05) is 30.3 Å². The second-order valence-corrected chi connectivity index (χ2v) is 4.46. The van der Waals surface area contributed by atoms with Gasteiger partial charge in [-0.3, -0.25) is 4.90 Å². The standard InChI is InChI=1S/C14H21NO3.ClH/c16-14(13-4-2-1-3-5-13)12-18-11-8-15-6-9-17-10-7-15;/h1-5,14,16H,6-12H2;1H. The number of aliphatic hydroxyl groups excluding tert-OH is 1. The lowest BCUT2D eigenvalue weighted by atomic mass is 10.1. The van der Waals surface area contributed by atoms with Crippen molar-refractivity contribution in [3.8, 4) is 0 Å². The highest BCUT2D eigenvalue weighted by Crippen LogP contribution is 2.11. The maximum Gasteiger partial charge on any atom is 0.102 e. The summed E-state index contributed by atoms with van der Waals surface area (Å²) in [7, 11) is 0. The molecule has 0 saturated carbocycles. The van der Waals surface area contributed by atoms with Crippen LogP contribution < -0.4 is 0 Å². The molecule has 108 valence electrons. The summed E-state index contributed by atoms with van der Waals surface area (Å²) >= 11 is 0. The molecule has 1 atom stereocenters. The molecule has 2 rings (SSSR count). The van der Waals surface area contributed by atoms with Gasteiger partial charge in [0.25, 0.3) is 0 Å². The van der Waals surface area contributed by atoms with E-state index in [2.05, 4.69) is 4.90 Å². The van der Waals surface area contributed by atoms with Crippen molar-refractivity contribution in [2.45, 2.75) is 6.10 Å². The number of benzene rings is 1. The molecule has 1 fully saturated rings. The predicted octanol–water partition coefficient (Wildman–Crippen LogP) is 1.49. The molecule has 0 spiro atoms. The lowest BCUT2D eigenvalue weighted by Gasteiger charge is -2.26. The first-order chi connectivity index (χ1) is 8.86. The van der Waals surface area contributed by atoms with Gasteiger partial charge in [0.2, 0.25) is 0 Å². The van der Waals surface area contributed by atoms with Crippen LogP contribution >= 0.6 is 12.4 Å². The monoisotopic (exact) mass is 287 g/mol. The largest absolute Gasteiger partial charge is 0.386 e. The molecule has 4 nitrogen and oxygen atoms in total. The van der Waals surface area contributed by atoms with E-state index in [0.717, 1.165) is 38.4 Å². The molecule has 5 heteroatoms. The summed E-state index contributed by atoms with van der Waals surface area (Å²) in [5.74, 6) is 0. The third kappa shape index (κ3) is 5.89. The Morgan fingerprint density at radius 2 is 1.89 bits per heavy atom. The fourth-order valence-corrected chi connectivity index (χ4v) is 1.98. The zero-order chi connectivity index (χ0) is 12.6. The summed E-state index contributed by atoms with van der Waals surface area (Å²) in [6.07, 6.45) is -0.532. The van der Waals surface area contributed by atoms with Crippen LogP contribution in [0.5, 0.6) is 0 Å². The van der Waals surface area contributed by atoms with Gasteiger partial charge >= 0.3 is 0 Å². The fraction of sp³-hybridized carbons (Fsp3) is 0.571. The van der Waals surface area contributed by atoms with E-state index in [1.165, 1.54) is 0 Å². The number of halogens is 1. The van der Waals surface area contributed by atoms with E-state index >= 15 is 0 Å². The first-order valence-corrected chi connectivity index (χ1v) is 6.47. The normalized spacial score (nSPS) is 17.7. The molecule has 19 heavy (non-hydrogen) atoms. The summed E-state index contributed by atoms with van der Waals surface area (Å²) in [6, 6.07) is 9.61. The molecule has 0 radical (unpaired) electrons. The molecule has 1 aromatic carbocycles. The zero-order valence-electron chi connectivity index (χ0n) is 11.0. The zero-order valence-corrected chi connectivity index (χ0v) is 11.8. The van der Waals surface area contributed by atoms with Gasteiger partial charge < -0.3 is 14.6 Å². The molecule has 1 aliphatic heterocycles. The van der Waals surface area contributed by atoms with E-state index in [9.17, 15) is 5.11 Å². The third-order valence-electron chi connectivity index (χ3n) is 3.12. The van der Waals surface area contributed by atoms with Crippen LogP contribution in [0.3, 0.4) is 0 Å². The van der Waals surface area contributed by atoms with Crippen LogP contribution in [0, 0.1) is 0 Å². The Hall–Kier alpha value is -0.650. The maximum absolute atomic E-state index is 9.90. The predicted molar refractivity (Wildman–Crippen MR) is 76.7 cm³/mol. The van der Waals surface area contributed by atoms with Crippen LogP contribution in [0.4, 0.5) is 0 Å². The third-order valence-corrected chi connectivity index (χ3v) is 3.12. The van der Waals surface area contributed by atoms with Gasteiger partial charge in [-0.05, 0) is 5.56 Å². The van der Waals surface area contributed by atoms with E-state index < -0.39 is 6.10 Å². The summed E-state index contributed by atoms with van der Waals surface area (Å²) in [5.41, 5.74) is 0.906. The molecule has 1 aliphatic rings. The smallest absolute Gasteiger partial charge is 0.102 e. The van der Waals surface area contributed by atoms with Gasteiger partial charge in [-0.25, -0.2) is 0 Å². The molecule has 0 aliphatic carbocycles. The Labute approximate surface area is 120 Å². The number of nitrogens with zero attached hydrogens (tertiary/aromatic N) is 1. The van der Waals surface area contributed by atoms with E-state index in [-0.39, 0.29) is 12.4 Å². The average molecular weight is 288 g/mol. The van der Waals surface area contributed by atoms with Crippen LogP contribution in [0.15, 0.2) is 30.3 Å². The summed E-state index contributed by atoms with van der Waals surface area (Å²) in [4.78, 5) is 2.32. The molecule has 0 amide bonds. The van der Waals surface area contributed by atoms with Crippen molar-refractivity contribution in [3.05, 3.63) is 35.9 Å². The molecule has 0 aromatic heterocycles. The Bertz CT molecular complexity index is 331. The molecular formula is C14H22ClNO3. The van der Waals surface area contributed by atoms with Crippen molar-refractivity contribution < 1.29 is 14.6 Å². The Kier molecular flexibility index (Phi) is 8.02. The minimum absolute atomic E-state index is 0. The van der Waals surface area contributed by atoms with Crippen molar-refractivity contribution >= 4 is 12.4 Å². The second-order valence-electron chi connectivity index (χ2n) is 4.46. The number of hydrogen-bond acceptors (Lipinski definition) is 4. The highest BCUT2D eigenvalue weighted by atomic mass is 35.5. The summed E-state index contributed by atoms with van der Waals surface area (Å²) in [5, 5.41) is 9.90. The van der Waals surface area contributed by atoms with Gasteiger partial charge in [-0.2, -0.15) is 0 Å². The van der Waals surface area contributed by atoms with Crippen LogP contribution in [-0.2, 0) is 9.47 Å². The molecule has 1 unspecified atom stereocenters. The van der Waals surface area contributed by atoms with Crippen LogP contribution in [0.1, 0.15) is 11.7 Å². The molecule has 0 bridgehead atoms. The topological polar surface area (TPSA) is 41.9 Å². The minimum Gasteiger partial charge on any atom is -0.386 e. The lowest BCUT2D eigenvalue weighted by Crippen LogP contribution is -2.38. The first kappa shape index (κ1) is 16.4. The first-order valence-electron chi connectivity index (χ1n) is 6.47. The van der Waals surface area contributed by atoms with Crippen molar-refractivity contribution in [1.29, 1.82) is 0 Å². The van der Waals surface area contributed by atoms with E-state index in [0.29, 0.717) is 13.2 Å². The SMILES string of the molecule is Cl.OC(COCCN1CCOCC1)c1ccccc1. The number of morpholine rings is 1. The number of ether oxygens (including phenoxy) is 2. The van der Waals surface area contributed by atoms with Crippen molar-refractivity contribution in [2.24, 2.45) is 0 Å². The Morgan fingerprint density at radius 1 is 1.21 bits per heavy atom. The van der Waals surface area contributed by atoms with Crippen LogP contribution in [0.25, 0.3) is 0 Å². The highest BCUT2D eigenvalue weighted by molar-refractivity contribution is 5.85. The van der Waals surface area contributed by atoms with Gasteiger partial charge in [0.15, 0.2) is 0 Å². The quantitative estimate of drug-likeness (QED) is 0.805. The van der Waals surface area contributed by atoms with Gasteiger partial charge in [-0.1, -0.05) is 30.3 Å². The van der Waals surface area contributed by atoms with Crippen molar-refractivity contribution in [2.75, 3.05) is 46.1 Å². The molecule has 1 heterocycles. The van der Waals surface area contributed by atoms with Gasteiger partial charge in [-0.15, -0.1) is 12.4 Å². The number of hydrogen-bond donors (Lipinski definition) is 1. The van der Waals surface area contributed by atoms with E-state index in [1.54, 1.807) is 0 Å². The molecule has 1 aromatic rings. The number of aliphatic hydroxyl groups is 1. The van der Waals surface area contributed by atoms with Crippen LogP contribution in [-0.4, -0.2) is 56.1 Å². The van der Waals surface area contributed by atoms with Gasteiger partial charge in [0.1, 0.15) is 6.10 Å². The Balaban J connectivity index is 0.00000180. The van der Waals surface area contributed by atoms with Crippen molar-refractivity contribution in [1.82, 2.24) is 4.90 Å². The molecular weight excluding hydrogens is 266 g/mol. The fourth-order valence-electron chi connectivity index (χ4n) is 1.98. The molecule has 1 N–H and O–H groups in total. The molecule has 1 saturated heterocycles. The van der Waals surface area contributed by atoms with Crippen LogP contribution in [0.2, 0.25) is 0 Å². The maximum atomic E-state index is 9.90. The minimum atomic E-state index is -0.532. The summed E-state index contributed by atoms with van der Waals surface area (Å²) < 4.78 is 10.8. The second kappa shape index (κ2) is 9.28. The Morgan fingerprint density at radius 3 is 2.58 bits per heavy atom. The number of rotatable bonds is 6. The average Bonchev–Trinajstić information content (AvgIpc) is 2.45. The lowest BCUT2D eigenvalue weighted by molar-refractivity contribution is 0.000845. The highest BCUT2D eigenvalue weighted by Gasteiger charge is 2.10. The van der Waals surface area contributed by atoms with Gasteiger partial charge in [0, 0.05) is 19.6 Å². The van der Waals surface area contributed by atoms with E-state index in [4.69, 9.17) is 9.47 Å². The van der Waals surface area contributed by atoms with Gasteiger partial charge in [0.05, 0.1) is 26.4 Å². The van der Waals surface area contributed by atoms with Crippen molar-refractivity contribution in [3.63, 3.8) is 0 Å².